The summed E-state index contributed by atoms with van der Waals surface area (Å²) in [7, 11) is 0. The topological polar surface area (TPSA) is 20.2 Å². The zero-order chi connectivity index (χ0) is 14.9. The summed E-state index contributed by atoms with van der Waals surface area (Å²) in [5.41, 5.74) is 6.26. The molecule has 2 aromatic carbocycles. The lowest BCUT2D eigenvalue weighted by Crippen LogP contribution is -2.11. The van der Waals surface area contributed by atoms with Crippen LogP contribution in [-0.2, 0) is 11.8 Å². The smallest absolute Gasteiger partial charge is 0.119 e. The van der Waals surface area contributed by atoms with Gasteiger partial charge >= 0.3 is 0 Å². The summed E-state index contributed by atoms with van der Waals surface area (Å²) in [5.74, 6) is 0.388. The quantitative estimate of drug-likeness (QED) is 0.821. The van der Waals surface area contributed by atoms with Crippen molar-refractivity contribution in [3.63, 3.8) is 0 Å². The lowest BCUT2D eigenvalue weighted by molar-refractivity contribution is 0.468. The van der Waals surface area contributed by atoms with Crippen molar-refractivity contribution in [2.24, 2.45) is 0 Å². The first-order valence-corrected chi connectivity index (χ1v) is 7.16. The highest BCUT2D eigenvalue weighted by atomic mass is 16.3. The Hall–Kier alpha value is -1.76. The first-order valence-electron chi connectivity index (χ1n) is 7.16. The fraction of sp³-hybridized carbons (Fsp3) is 0.368. The van der Waals surface area contributed by atoms with E-state index in [-0.39, 0.29) is 5.41 Å². The van der Waals surface area contributed by atoms with Gasteiger partial charge in [-0.2, -0.15) is 0 Å². The molecule has 0 aliphatic carbocycles. The molecule has 1 nitrogen and oxygen atoms in total. The standard InChI is InChI=1S/C19H24O/c1-13-7-6-8-15(14(13)2)11-16-12-17(19(3,4)5)9-10-18(16)20/h6-10,12,20H,11H2,1-5H3. The van der Waals surface area contributed by atoms with Crippen LogP contribution in [0.5, 0.6) is 5.75 Å². The molecule has 20 heavy (non-hydrogen) atoms. The second-order valence-electron chi connectivity index (χ2n) is 6.63. The number of hydrogen-bond acceptors (Lipinski definition) is 1. The van der Waals surface area contributed by atoms with E-state index in [2.05, 4.69) is 58.9 Å². The highest BCUT2D eigenvalue weighted by Gasteiger charge is 2.16. The van der Waals surface area contributed by atoms with Gasteiger partial charge in [0.25, 0.3) is 0 Å². The molecule has 0 saturated heterocycles. The van der Waals surface area contributed by atoms with Gasteiger partial charge in [0, 0.05) is 6.42 Å². The molecule has 106 valence electrons. The van der Waals surface area contributed by atoms with Crippen LogP contribution in [0.1, 0.15) is 48.6 Å². The number of aryl methyl sites for hydroxylation is 1. The van der Waals surface area contributed by atoms with Gasteiger partial charge in [0.05, 0.1) is 0 Å². The number of rotatable bonds is 2. The van der Waals surface area contributed by atoms with Crippen LogP contribution in [0.4, 0.5) is 0 Å². The summed E-state index contributed by atoms with van der Waals surface area (Å²) < 4.78 is 0. The molecular weight excluding hydrogens is 244 g/mol. The molecule has 2 aromatic rings. The molecule has 0 saturated carbocycles. The molecule has 0 fully saturated rings. The van der Waals surface area contributed by atoms with Crippen molar-refractivity contribution in [1.82, 2.24) is 0 Å². The molecule has 0 aliphatic rings. The Bertz CT molecular complexity index is 618. The van der Waals surface area contributed by atoms with Crippen LogP contribution < -0.4 is 0 Å². The average Bonchev–Trinajstić information content (AvgIpc) is 2.36. The minimum absolute atomic E-state index is 0.101. The second-order valence-corrected chi connectivity index (χ2v) is 6.63. The molecule has 1 heteroatoms. The van der Waals surface area contributed by atoms with E-state index in [1.165, 1.54) is 22.3 Å². The third-order valence-corrected chi connectivity index (χ3v) is 4.04. The van der Waals surface area contributed by atoms with Crippen LogP contribution in [0, 0.1) is 13.8 Å². The van der Waals surface area contributed by atoms with E-state index in [9.17, 15) is 5.11 Å². The van der Waals surface area contributed by atoms with Crippen molar-refractivity contribution in [2.45, 2.75) is 46.5 Å². The summed E-state index contributed by atoms with van der Waals surface area (Å²) in [6.07, 6.45) is 0.781. The average molecular weight is 268 g/mol. The fourth-order valence-electron chi connectivity index (χ4n) is 2.40. The molecule has 0 spiro atoms. The Morgan fingerprint density at radius 2 is 1.65 bits per heavy atom. The lowest BCUT2D eigenvalue weighted by Gasteiger charge is -2.20. The monoisotopic (exact) mass is 268 g/mol. The van der Waals surface area contributed by atoms with E-state index >= 15 is 0 Å². The third-order valence-electron chi connectivity index (χ3n) is 4.04. The number of hydrogen-bond donors (Lipinski definition) is 1. The van der Waals surface area contributed by atoms with Crippen molar-refractivity contribution < 1.29 is 5.11 Å². The molecule has 0 heterocycles. The normalized spacial score (nSPS) is 11.7. The van der Waals surface area contributed by atoms with Gasteiger partial charge < -0.3 is 5.11 Å². The molecule has 2 rings (SSSR count). The molecule has 0 unspecified atom stereocenters. The van der Waals surface area contributed by atoms with E-state index in [0.29, 0.717) is 5.75 Å². The largest absolute Gasteiger partial charge is 0.508 e. The van der Waals surface area contributed by atoms with Crippen LogP contribution in [0.25, 0.3) is 0 Å². The van der Waals surface area contributed by atoms with Gasteiger partial charge in [0.1, 0.15) is 5.75 Å². The van der Waals surface area contributed by atoms with Crippen LogP contribution in [0.2, 0.25) is 0 Å². The van der Waals surface area contributed by atoms with Crippen molar-refractivity contribution in [2.75, 3.05) is 0 Å². The van der Waals surface area contributed by atoms with Crippen molar-refractivity contribution in [3.05, 3.63) is 64.2 Å². The maximum absolute atomic E-state index is 10.1. The fourth-order valence-corrected chi connectivity index (χ4v) is 2.40. The lowest BCUT2D eigenvalue weighted by atomic mass is 9.85. The summed E-state index contributed by atoms with van der Waals surface area (Å²) in [6, 6.07) is 12.3. The number of phenols is 1. The Labute approximate surface area is 122 Å². The zero-order valence-corrected chi connectivity index (χ0v) is 13.1. The van der Waals surface area contributed by atoms with Crippen LogP contribution in [0.15, 0.2) is 36.4 Å². The van der Waals surface area contributed by atoms with Crippen LogP contribution in [0.3, 0.4) is 0 Å². The Balaban J connectivity index is 2.41. The van der Waals surface area contributed by atoms with E-state index in [4.69, 9.17) is 0 Å². The molecule has 0 radical (unpaired) electrons. The molecule has 0 aliphatic heterocycles. The predicted octanol–water partition coefficient (Wildman–Crippen LogP) is 4.90. The highest BCUT2D eigenvalue weighted by Crippen LogP contribution is 2.29. The zero-order valence-electron chi connectivity index (χ0n) is 13.1. The van der Waals surface area contributed by atoms with E-state index in [1.54, 1.807) is 0 Å². The molecule has 0 amide bonds. The molecule has 0 bridgehead atoms. The Morgan fingerprint density at radius 3 is 2.30 bits per heavy atom. The highest BCUT2D eigenvalue weighted by molar-refractivity contribution is 5.44. The minimum Gasteiger partial charge on any atom is -0.508 e. The minimum atomic E-state index is 0.101. The first kappa shape index (κ1) is 14.6. The van der Waals surface area contributed by atoms with Gasteiger partial charge in [0.2, 0.25) is 0 Å². The third kappa shape index (κ3) is 3.04. The Kier molecular flexibility index (Phi) is 3.89. The molecule has 1 N–H and O–H groups in total. The summed E-state index contributed by atoms with van der Waals surface area (Å²) >= 11 is 0. The molecule has 0 atom stereocenters. The van der Waals surface area contributed by atoms with Gasteiger partial charge in [-0.05, 0) is 53.1 Å². The number of phenolic OH excluding ortho intramolecular Hbond substituents is 1. The first-order chi connectivity index (χ1) is 9.29. The number of aromatic hydroxyl groups is 1. The summed E-state index contributed by atoms with van der Waals surface area (Å²) in [4.78, 5) is 0. The van der Waals surface area contributed by atoms with Crippen molar-refractivity contribution >= 4 is 0 Å². The van der Waals surface area contributed by atoms with E-state index in [0.717, 1.165) is 12.0 Å². The van der Waals surface area contributed by atoms with E-state index in [1.807, 2.05) is 12.1 Å². The van der Waals surface area contributed by atoms with Gasteiger partial charge in [-0.3, -0.25) is 0 Å². The Morgan fingerprint density at radius 1 is 0.950 bits per heavy atom. The van der Waals surface area contributed by atoms with Crippen LogP contribution in [-0.4, -0.2) is 5.11 Å². The maximum Gasteiger partial charge on any atom is 0.119 e. The van der Waals surface area contributed by atoms with Gasteiger partial charge in [-0.15, -0.1) is 0 Å². The van der Waals surface area contributed by atoms with Crippen molar-refractivity contribution in [1.29, 1.82) is 0 Å². The van der Waals surface area contributed by atoms with Gasteiger partial charge in [-0.1, -0.05) is 51.1 Å². The predicted molar refractivity (Wildman–Crippen MR) is 85.5 cm³/mol. The van der Waals surface area contributed by atoms with E-state index < -0.39 is 0 Å². The SMILES string of the molecule is Cc1cccc(Cc2cc(C(C)(C)C)ccc2O)c1C. The van der Waals surface area contributed by atoms with Crippen molar-refractivity contribution in [3.8, 4) is 5.75 Å². The summed E-state index contributed by atoms with van der Waals surface area (Å²) in [6.45, 7) is 10.9. The maximum atomic E-state index is 10.1. The summed E-state index contributed by atoms with van der Waals surface area (Å²) in [5, 5.41) is 10.1. The van der Waals surface area contributed by atoms with Gasteiger partial charge in [0.15, 0.2) is 0 Å². The number of benzene rings is 2. The van der Waals surface area contributed by atoms with Crippen LogP contribution >= 0.6 is 0 Å². The van der Waals surface area contributed by atoms with Gasteiger partial charge in [-0.25, -0.2) is 0 Å². The molecule has 0 aromatic heterocycles. The second kappa shape index (κ2) is 5.32. The molecular formula is C19H24O.